The van der Waals surface area contributed by atoms with Crippen molar-refractivity contribution in [2.24, 2.45) is 0 Å². The molecule has 0 radical (unpaired) electrons. The fourth-order valence-corrected chi connectivity index (χ4v) is 2.47. The summed E-state index contributed by atoms with van der Waals surface area (Å²) in [6, 6.07) is 6.46. The summed E-state index contributed by atoms with van der Waals surface area (Å²) in [4.78, 5) is 32.2. The summed E-state index contributed by atoms with van der Waals surface area (Å²) in [5, 5.41) is 16.8. The molecule has 0 amide bonds. The number of hydrogen-bond acceptors (Lipinski definition) is 6. The Morgan fingerprint density at radius 1 is 1.09 bits per heavy atom. The van der Waals surface area contributed by atoms with Crippen molar-refractivity contribution in [1.29, 1.82) is 0 Å². The van der Waals surface area contributed by atoms with E-state index in [2.05, 4.69) is 9.26 Å². The van der Waals surface area contributed by atoms with Crippen molar-refractivity contribution in [1.82, 2.24) is 0 Å². The van der Waals surface area contributed by atoms with E-state index in [1.165, 1.54) is 6.07 Å². The average Bonchev–Trinajstić information content (AvgIpc) is 2.51. The third-order valence-electron chi connectivity index (χ3n) is 2.63. The van der Waals surface area contributed by atoms with Gasteiger partial charge in [0.05, 0.1) is 5.56 Å². The lowest BCUT2D eigenvalue weighted by Gasteiger charge is -2.04. The van der Waals surface area contributed by atoms with Gasteiger partial charge in [-0.1, -0.05) is 12.1 Å². The van der Waals surface area contributed by atoms with Crippen molar-refractivity contribution in [2.45, 2.75) is 12.8 Å². The summed E-state index contributed by atoms with van der Waals surface area (Å²) >= 11 is 0. The number of hydrogen-bond donors (Lipinski definition) is 2. The van der Waals surface area contributed by atoms with Crippen LogP contribution in [0.15, 0.2) is 24.3 Å². The highest BCUT2D eigenvalue weighted by atomic mass is 31.1. The van der Waals surface area contributed by atoms with Crippen LogP contribution >= 0.6 is 8.03 Å². The molecular weight excluding hydrogens is 327 g/mol. The van der Waals surface area contributed by atoms with Gasteiger partial charge in [0.15, 0.2) is 19.4 Å². The summed E-state index contributed by atoms with van der Waals surface area (Å²) in [7, 11) is -2.03. The van der Waals surface area contributed by atoms with Crippen LogP contribution < -0.4 is 0 Å². The minimum Gasteiger partial charge on any atom is -0.479 e. The summed E-state index contributed by atoms with van der Waals surface area (Å²) in [5.74, 6) is -3.15. The van der Waals surface area contributed by atoms with Gasteiger partial charge in [0.2, 0.25) is 0 Å². The molecule has 0 saturated heterocycles. The van der Waals surface area contributed by atoms with Gasteiger partial charge in [-0.15, -0.1) is 4.52 Å². The number of benzene rings is 1. The molecule has 8 nitrogen and oxygen atoms in total. The molecule has 1 atom stereocenters. The van der Waals surface area contributed by atoms with Gasteiger partial charge in [-0.05, 0) is 35.1 Å². The normalized spacial score (nSPS) is 10.9. The summed E-state index contributed by atoms with van der Waals surface area (Å²) in [5.41, 5.74) is 1.02. The number of carbonyl (C=O) groups is 3. The molecule has 9 heteroatoms. The predicted octanol–water partition coefficient (Wildman–Crippen LogP) is 1.70. The fraction of sp³-hybridized carbons (Fsp3) is 0.357. The van der Waals surface area contributed by atoms with Crippen LogP contribution in [-0.4, -0.2) is 47.5 Å². The number of esters is 1. The maximum atomic E-state index is 11.6. The molecule has 0 aliphatic heterocycles. The number of aliphatic carboxylic acids is 2. The molecule has 1 rings (SSSR count). The summed E-state index contributed by atoms with van der Waals surface area (Å²) in [6.07, 6.45) is 1.20. The highest BCUT2D eigenvalue weighted by Crippen LogP contribution is 2.23. The number of carboxylic acids is 2. The molecule has 1 unspecified atom stereocenters. The lowest BCUT2D eigenvalue weighted by atomic mass is 10.1. The summed E-state index contributed by atoms with van der Waals surface area (Å²) in [6.45, 7) is -1.30. The Kier molecular flexibility index (Phi) is 7.87. The van der Waals surface area contributed by atoms with E-state index in [4.69, 9.17) is 10.2 Å². The Hall–Kier alpha value is -2.31. The zero-order valence-corrected chi connectivity index (χ0v) is 13.0. The van der Waals surface area contributed by atoms with Crippen molar-refractivity contribution in [3.05, 3.63) is 35.4 Å². The van der Waals surface area contributed by atoms with Crippen LogP contribution in [0.1, 0.15) is 22.3 Å². The van der Waals surface area contributed by atoms with Crippen LogP contribution in [0, 0.1) is 0 Å². The third kappa shape index (κ3) is 8.04. The van der Waals surface area contributed by atoms with Gasteiger partial charge >= 0.3 is 25.9 Å². The van der Waals surface area contributed by atoms with Gasteiger partial charge < -0.3 is 14.9 Å². The second-order valence-corrected chi connectivity index (χ2v) is 5.87. The van der Waals surface area contributed by atoms with Gasteiger partial charge in [0, 0.05) is 0 Å². The predicted molar refractivity (Wildman–Crippen MR) is 78.7 cm³/mol. The smallest absolute Gasteiger partial charge is 0.479 e. The van der Waals surface area contributed by atoms with E-state index < -0.39 is 39.1 Å². The van der Waals surface area contributed by atoms with E-state index in [1.54, 1.807) is 18.2 Å². The Balaban J connectivity index is 2.44. The Bertz CT molecular complexity index is 598. The standard InChI is InChI=1S/C14H15O8P/c15-12(16)8-21-14(19)11-5-1-3-10(7-11)4-2-6-23(20)22-9-13(17)18/h1,3,5,7H,2,4,6,8-9H2,(H-,15,16,17,18)/p+1. The van der Waals surface area contributed by atoms with Crippen molar-refractivity contribution < 1.29 is 38.4 Å². The van der Waals surface area contributed by atoms with Crippen molar-refractivity contribution in [3.63, 3.8) is 0 Å². The highest BCUT2D eigenvalue weighted by Gasteiger charge is 2.18. The topological polar surface area (TPSA) is 127 Å². The van der Waals surface area contributed by atoms with Crippen molar-refractivity contribution >= 4 is 25.9 Å². The van der Waals surface area contributed by atoms with Crippen LogP contribution in [0.2, 0.25) is 0 Å². The van der Waals surface area contributed by atoms with Crippen LogP contribution in [0.4, 0.5) is 0 Å². The van der Waals surface area contributed by atoms with E-state index in [9.17, 15) is 18.9 Å². The molecule has 124 valence electrons. The largest absolute Gasteiger partial charge is 0.508 e. The Morgan fingerprint density at radius 2 is 1.78 bits per heavy atom. The first kappa shape index (κ1) is 18.7. The Labute approximate surface area is 132 Å². The first-order valence-electron chi connectivity index (χ1n) is 6.65. The average molecular weight is 343 g/mol. The minimum absolute atomic E-state index is 0.205. The molecule has 0 bridgehead atoms. The minimum atomic E-state index is -2.03. The highest BCUT2D eigenvalue weighted by molar-refractivity contribution is 7.39. The number of carboxylic acid groups (broad SMARTS) is 2. The number of aryl methyl sites for hydroxylation is 1. The third-order valence-corrected chi connectivity index (χ3v) is 3.73. The number of carbonyl (C=O) groups excluding carboxylic acids is 1. The second kappa shape index (κ2) is 9.66. The van der Waals surface area contributed by atoms with Gasteiger partial charge in [0.25, 0.3) is 0 Å². The fourth-order valence-electron chi connectivity index (χ4n) is 1.67. The molecule has 0 fully saturated rings. The van der Waals surface area contributed by atoms with Crippen LogP contribution in [-0.2, 0) is 29.8 Å². The maximum absolute atomic E-state index is 11.6. The number of rotatable bonds is 10. The first-order valence-corrected chi connectivity index (χ1v) is 8.02. The molecule has 23 heavy (non-hydrogen) atoms. The quantitative estimate of drug-likeness (QED) is 0.485. The van der Waals surface area contributed by atoms with E-state index in [0.29, 0.717) is 12.8 Å². The SMILES string of the molecule is O=C(O)COC(=O)c1cccc(CCC[P+](=O)OCC(=O)O)c1. The molecule has 1 aromatic carbocycles. The zero-order chi connectivity index (χ0) is 17.2. The van der Waals surface area contributed by atoms with Crippen LogP contribution in [0.25, 0.3) is 0 Å². The summed E-state index contributed by atoms with van der Waals surface area (Å²) < 4.78 is 20.6. The molecule has 0 aliphatic rings. The first-order chi connectivity index (χ1) is 10.9. The van der Waals surface area contributed by atoms with Crippen molar-refractivity contribution in [2.75, 3.05) is 19.4 Å². The zero-order valence-electron chi connectivity index (χ0n) is 12.1. The van der Waals surface area contributed by atoms with Gasteiger partial charge in [-0.3, -0.25) is 0 Å². The molecule has 1 aromatic rings. The lowest BCUT2D eigenvalue weighted by molar-refractivity contribution is -0.140. The lowest BCUT2D eigenvalue weighted by Crippen LogP contribution is -2.13. The molecule has 0 aliphatic carbocycles. The molecule has 0 heterocycles. The van der Waals surface area contributed by atoms with E-state index >= 15 is 0 Å². The molecule has 0 spiro atoms. The monoisotopic (exact) mass is 343 g/mol. The van der Waals surface area contributed by atoms with E-state index in [-0.39, 0.29) is 11.7 Å². The Morgan fingerprint density at radius 3 is 2.43 bits per heavy atom. The van der Waals surface area contributed by atoms with Gasteiger partial charge in [-0.25, -0.2) is 14.4 Å². The molecule has 0 saturated carbocycles. The molecular formula is C14H16O8P+. The van der Waals surface area contributed by atoms with Gasteiger partial charge in [-0.2, -0.15) is 0 Å². The molecule has 2 N–H and O–H groups in total. The number of ether oxygens (including phenoxy) is 1. The van der Waals surface area contributed by atoms with E-state index in [1.807, 2.05) is 0 Å². The molecule has 0 aromatic heterocycles. The van der Waals surface area contributed by atoms with Crippen LogP contribution in [0.5, 0.6) is 0 Å². The van der Waals surface area contributed by atoms with Gasteiger partial charge in [0.1, 0.15) is 0 Å². The maximum Gasteiger partial charge on any atom is 0.508 e. The van der Waals surface area contributed by atoms with Crippen molar-refractivity contribution in [3.8, 4) is 0 Å². The van der Waals surface area contributed by atoms with Crippen LogP contribution in [0.3, 0.4) is 0 Å². The second-order valence-electron chi connectivity index (χ2n) is 4.50. The van der Waals surface area contributed by atoms with E-state index in [0.717, 1.165) is 5.56 Å².